The van der Waals surface area contributed by atoms with Gasteiger partial charge in [-0.2, -0.15) is 5.10 Å². The molecule has 1 heterocycles. The normalized spacial score (nSPS) is 20.1. The van der Waals surface area contributed by atoms with Crippen molar-refractivity contribution in [2.75, 3.05) is 0 Å². The van der Waals surface area contributed by atoms with Crippen LogP contribution >= 0.6 is 0 Å². The third-order valence-corrected chi connectivity index (χ3v) is 6.98. The van der Waals surface area contributed by atoms with E-state index in [1.165, 1.54) is 19.3 Å². The van der Waals surface area contributed by atoms with E-state index in [2.05, 4.69) is 9.82 Å². The summed E-state index contributed by atoms with van der Waals surface area (Å²) < 4.78 is 29.3. The zero-order valence-electron chi connectivity index (χ0n) is 14.1. The first-order valence-corrected chi connectivity index (χ1v) is 9.91. The van der Waals surface area contributed by atoms with Gasteiger partial charge in [0.05, 0.1) is 11.4 Å². The molecule has 2 aliphatic rings. The molecule has 0 unspecified atom stereocenters. The Bertz CT molecular complexity index is 724. The van der Waals surface area contributed by atoms with Crippen molar-refractivity contribution < 1.29 is 13.2 Å². The molecule has 1 N–H and O–H groups in total. The molecule has 3 rings (SSSR count). The van der Waals surface area contributed by atoms with Crippen molar-refractivity contribution in [1.29, 1.82) is 0 Å². The lowest BCUT2D eigenvalue weighted by Crippen LogP contribution is -2.49. The van der Waals surface area contributed by atoms with Gasteiger partial charge in [-0.15, -0.1) is 0 Å². The number of sulfonamides is 1. The van der Waals surface area contributed by atoms with Crippen molar-refractivity contribution in [2.45, 2.75) is 63.7 Å². The summed E-state index contributed by atoms with van der Waals surface area (Å²) in [5, 5.41) is 4.28. The Labute approximate surface area is 137 Å². The molecule has 1 aromatic rings. The highest BCUT2D eigenvalue weighted by Gasteiger charge is 2.51. The SMILES string of the molecule is CCc1nn(C)c(CC)c1S(=O)(=O)NC(=O)C1CC2(CCC2)C1. The Kier molecular flexibility index (Phi) is 4.02. The minimum Gasteiger partial charge on any atom is -0.274 e. The highest BCUT2D eigenvalue weighted by atomic mass is 32.2. The second kappa shape index (κ2) is 5.61. The van der Waals surface area contributed by atoms with E-state index in [0.29, 0.717) is 29.6 Å². The Morgan fingerprint density at radius 1 is 1.30 bits per heavy atom. The first-order chi connectivity index (χ1) is 10.8. The van der Waals surface area contributed by atoms with Crippen LogP contribution in [0.4, 0.5) is 0 Å². The van der Waals surface area contributed by atoms with Gasteiger partial charge in [0.15, 0.2) is 0 Å². The minimum absolute atomic E-state index is 0.156. The van der Waals surface area contributed by atoms with Gasteiger partial charge in [0.2, 0.25) is 5.91 Å². The fourth-order valence-electron chi connectivity index (χ4n) is 4.05. The maximum Gasteiger partial charge on any atom is 0.267 e. The maximum absolute atomic E-state index is 12.7. The van der Waals surface area contributed by atoms with Crippen LogP contribution in [0.1, 0.15) is 57.3 Å². The number of carbonyl (C=O) groups excluding carboxylic acids is 1. The van der Waals surface area contributed by atoms with E-state index in [-0.39, 0.29) is 16.7 Å². The lowest BCUT2D eigenvalue weighted by atomic mass is 9.52. The zero-order chi connectivity index (χ0) is 16.8. The molecular weight excluding hydrogens is 314 g/mol. The van der Waals surface area contributed by atoms with Crippen molar-refractivity contribution in [3.63, 3.8) is 0 Å². The third kappa shape index (κ3) is 2.69. The third-order valence-electron chi connectivity index (χ3n) is 5.50. The number of aromatic nitrogens is 2. The smallest absolute Gasteiger partial charge is 0.267 e. The monoisotopic (exact) mass is 339 g/mol. The molecular formula is C16H25N3O3S. The van der Waals surface area contributed by atoms with Crippen molar-refractivity contribution in [2.24, 2.45) is 18.4 Å². The summed E-state index contributed by atoms with van der Waals surface area (Å²) in [6.45, 7) is 3.76. The Hall–Kier alpha value is -1.37. The standard InChI is InChI=1S/C16H25N3O3S/c1-4-12-14(13(5-2)19(3)17-12)23(21,22)18-15(20)11-9-16(10-11)7-6-8-16/h11H,4-10H2,1-3H3,(H,18,20). The topological polar surface area (TPSA) is 81.1 Å². The molecule has 7 heteroatoms. The quantitative estimate of drug-likeness (QED) is 0.889. The predicted octanol–water partition coefficient (Wildman–Crippen LogP) is 1.93. The van der Waals surface area contributed by atoms with E-state index >= 15 is 0 Å². The van der Waals surface area contributed by atoms with Crippen LogP contribution < -0.4 is 4.72 Å². The van der Waals surface area contributed by atoms with Crippen LogP contribution in [-0.2, 0) is 34.7 Å². The summed E-state index contributed by atoms with van der Waals surface area (Å²) in [5.74, 6) is -0.507. The van der Waals surface area contributed by atoms with Gasteiger partial charge >= 0.3 is 0 Å². The summed E-state index contributed by atoms with van der Waals surface area (Å²) in [4.78, 5) is 12.5. The number of hydrogen-bond acceptors (Lipinski definition) is 4. The van der Waals surface area contributed by atoms with Crippen LogP contribution in [0.2, 0.25) is 0 Å². The molecule has 1 aromatic heterocycles. The molecule has 6 nitrogen and oxygen atoms in total. The first kappa shape index (κ1) is 16.5. The maximum atomic E-state index is 12.7. The minimum atomic E-state index is -3.85. The molecule has 128 valence electrons. The number of carbonyl (C=O) groups is 1. The van der Waals surface area contributed by atoms with Crippen LogP contribution in [-0.4, -0.2) is 24.1 Å². The molecule has 0 aromatic carbocycles. The Balaban J connectivity index is 1.78. The number of nitrogens with one attached hydrogen (secondary N) is 1. The van der Waals surface area contributed by atoms with E-state index in [1.807, 2.05) is 13.8 Å². The number of rotatable bonds is 5. The van der Waals surface area contributed by atoms with E-state index < -0.39 is 10.0 Å². The largest absolute Gasteiger partial charge is 0.274 e. The molecule has 0 bridgehead atoms. The predicted molar refractivity (Wildman–Crippen MR) is 86.3 cm³/mol. The van der Waals surface area contributed by atoms with Crippen molar-refractivity contribution in [3.05, 3.63) is 11.4 Å². The first-order valence-electron chi connectivity index (χ1n) is 8.43. The lowest BCUT2D eigenvalue weighted by Gasteiger charge is -2.53. The molecule has 0 saturated heterocycles. The molecule has 1 spiro atoms. The van der Waals surface area contributed by atoms with Crippen molar-refractivity contribution in [1.82, 2.24) is 14.5 Å². The van der Waals surface area contributed by atoms with E-state index in [4.69, 9.17) is 0 Å². The molecule has 0 atom stereocenters. The van der Waals surface area contributed by atoms with Crippen LogP contribution in [0.25, 0.3) is 0 Å². The summed E-state index contributed by atoms with van der Waals surface area (Å²) in [6, 6.07) is 0. The summed E-state index contributed by atoms with van der Waals surface area (Å²) in [7, 11) is -2.11. The van der Waals surface area contributed by atoms with Gasteiger partial charge in [-0.1, -0.05) is 20.3 Å². The molecule has 2 fully saturated rings. The Morgan fingerprint density at radius 3 is 2.43 bits per heavy atom. The van der Waals surface area contributed by atoms with E-state index in [1.54, 1.807) is 11.7 Å². The second-order valence-corrected chi connectivity index (χ2v) is 8.60. The molecule has 2 saturated carbocycles. The van der Waals surface area contributed by atoms with Gasteiger partial charge in [-0.05, 0) is 43.9 Å². The van der Waals surface area contributed by atoms with Crippen LogP contribution in [0, 0.1) is 11.3 Å². The summed E-state index contributed by atoms with van der Waals surface area (Å²) in [6.07, 6.45) is 6.36. The fourth-order valence-corrected chi connectivity index (χ4v) is 5.67. The fraction of sp³-hybridized carbons (Fsp3) is 0.750. The Morgan fingerprint density at radius 2 is 1.96 bits per heavy atom. The van der Waals surface area contributed by atoms with Crippen molar-refractivity contribution in [3.8, 4) is 0 Å². The molecule has 1 amide bonds. The van der Waals surface area contributed by atoms with Crippen molar-refractivity contribution >= 4 is 15.9 Å². The van der Waals surface area contributed by atoms with Gasteiger partial charge in [0.25, 0.3) is 10.0 Å². The van der Waals surface area contributed by atoms with Gasteiger partial charge in [-0.25, -0.2) is 13.1 Å². The van der Waals surface area contributed by atoms with Gasteiger partial charge in [-0.3, -0.25) is 9.48 Å². The lowest BCUT2D eigenvalue weighted by molar-refractivity contribution is -0.134. The highest BCUT2D eigenvalue weighted by Crippen LogP contribution is 2.58. The summed E-state index contributed by atoms with van der Waals surface area (Å²) in [5.41, 5.74) is 1.52. The zero-order valence-corrected chi connectivity index (χ0v) is 14.9. The van der Waals surface area contributed by atoms with Crippen LogP contribution in [0.15, 0.2) is 4.90 Å². The average Bonchev–Trinajstić information content (AvgIpc) is 2.71. The number of nitrogens with zero attached hydrogens (tertiary/aromatic N) is 2. The van der Waals surface area contributed by atoms with Gasteiger partial charge < -0.3 is 0 Å². The molecule has 23 heavy (non-hydrogen) atoms. The number of hydrogen-bond donors (Lipinski definition) is 1. The van der Waals surface area contributed by atoms with E-state index in [0.717, 1.165) is 12.8 Å². The molecule has 0 radical (unpaired) electrons. The van der Waals surface area contributed by atoms with Gasteiger partial charge in [0, 0.05) is 13.0 Å². The highest BCUT2D eigenvalue weighted by molar-refractivity contribution is 7.90. The second-order valence-electron chi connectivity index (χ2n) is 6.98. The molecule has 0 aliphatic heterocycles. The summed E-state index contributed by atoms with van der Waals surface area (Å²) >= 11 is 0. The average molecular weight is 339 g/mol. The van der Waals surface area contributed by atoms with Crippen LogP contribution in [0.3, 0.4) is 0 Å². The number of amides is 1. The van der Waals surface area contributed by atoms with E-state index in [9.17, 15) is 13.2 Å². The number of aryl methyl sites for hydroxylation is 2. The van der Waals surface area contributed by atoms with Crippen LogP contribution in [0.5, 0.6) is 0 Å². The van der Waals surface area contributed by atoms with Gasteiger partial charge in [0.1, 0.15) is 4.90 Å². The molecule has 2 aliphatic carbocycles.